The smallest absolute Gasteiger partial charge is 0.0402 e. The van der Waals surface area contributed by atoms with Crippen molar-refractivity contribution in [2.24, 2.45) is 0 Å². The minimum absolute atomic E-state index is 0. The van der Waals surface area contributed by atoms with Gasteiger partial charge in [0.25, 0.3) is 0 Å². The molecule has 5 heteroatoms. The van der Waals surface area contributed by atoms with Crippen LogP contribution in [-0.2, 0) is 25.8 Å². The van der Waals surface area contributed by atoms with Crippen LogP contribution >= 0.6 is 0 Å². The van der Waals surface area contributed by atoms with Crippen molar-refractivity contribution in [2.75, 3.05) is 26.9 Å². The van der Waals surface area contributed by atoms with Crippen molar-refractivity contribution in [3.05, 3.63) is 0 Å². The molecule has 0 heterocycles. The van der Waals surface area contributed by atoms with Crippen molar-refractivity contribution >= 4 is 0 Å². The summed E-state index contributed by atoms with van der Waals surface area (Å²) in [6, 6.07) is 0. The Kier molecular flexibility index (Phi) is 238. The molecule has 4 nitrogen and oxygen atoms in total. The molecule has 78 valence electrons. The van der Waals surface area contributed by atoms with Crippen molar-refractivity contribution in [2.45, 2.75) is 20.8 Å². The molecule has 0 unspecified atom stereocenters. The van der Waals surface area contributed by atoms with Crippen LogP contribution < -0.4 is 0 Å². The van der Waals surface area contributed by atoms with E-state index in [4.69, 9.17) is 20.4 Å². The second kappa shape index (κ2) is 97.6. The summed E-state index contributed by atoms with van der Waals surface area (Å²) in [6.07, 6.45) is 0. The Labute approximate surface area is 94.0 Å². The van der Waals surface area contributed by atoms with Crippen molar-refractivity contribution in [3.8, 4) is 0 Å². The van der Waals surface area contributed by atoms with Gasteiger partial charge < -0.3 is 20.4 Å². The number of aliphatic hydroxyl groups excluding tert-OH is 4. The van der Waals surface area contributed by atoms with Gasteiger partial charge in [0.15, 0.2) is 0 Å². The second-order valence-electron chi connectivity index (χ2n) is 0.949. The van der Waals surface area contributed by atoms with E-state index >= 15 is 0 Å². The molecule has 0 amide bonds. The van der Waals surface area contributed by atoms with Crippen LogP contribution in [0.5, 0.6) is 0 Å². The summed E-state index contributed by atoms with van der Waals surface area (Å²) < 4.78 is 0. The van der Waals surface area contributed by atoms with Crippen LogP contribution in [0.3, 0.4) is 0 Å². The minimum Gasteiger partial charge on any atom is -0.400 e. The van der Waals surface area contributed by atoms with Crippen LogP contribution in [0.4, 0.5) is 0 Å². The normalized spacial score (nSPS) is 5.00. The summed E-state index contributed by atoms with van der Waals surface area (Å²) in [7, 11) is 1.00. The topological polar surface area (TPSA) is 80.9 Å². The van der Waals surface area contributed by atoms with E-state index in [1.165, 1.54) is 0 Å². The first-order valence-corrected chi connectivity index (χ1v) is 3.52. The summed E-state index contributed by atoms with van der Waals surface area (Å²) in [5.74, 6) is 0. The van der Waals surface area contributed by atoms with Gasteiger partial charge in [-0.2, -0.15) is 0 Å². The van der Waals surface area contributed by atoms with Crippen molar-refractivity contribution in [1.82, 2.24) is 0 Å². The van der Waals surface area contributed by atoms with E-state index in [1.54, 1.807) is 20.8 Å². The molecule has 0 spiro atoms. The van der Waals surface area contributed by atoms with E-state index in [0.29, 0.717) is 0 Å². The van der Waals surface area contributed by atoms with E-state index in [-0.39, 0.29) is 45.7 Å². The van der Waals surface area contributed by atoms with Gasteiger partial charge in [-0.15, -0.1) is 0 Å². The van der Waals surface area contributed by atoms with E-state index in [2.05, 4.69) is 0 Å². The predicted octanol–water partition coefficient (Wildman–Crippen LogP) is -0.398. The summed E-state index contributed by atoms with van der Waals surface area (Å²) in [5.41, 5.74) is 0. The fraction of sp³-hybridized carbons (Fsp3) is 1.00. The standard InChI is InChI=1S/3C2H6O.CH4O.Hf/c3*1-2-3;1-2;/h3*3H,2H2,1H3;2H,1H3;. The first-order chi connectivity index (χ1) is 5.24. The Morgan fingerprint density at radius 2 is 0.667 bits per heavy atom. The zero-order chi connectivity index (χ0) is 10.1. The van der Waals surface area contributed by atoms with Crippen LogP contribution in [0.1, 0.15) is 20.8 Å². The fourth-order valence-electron chi connectivity index (χ4n) is 0. The molecule has 0 fully saturated rings. The maximum atomic E-state index is 7.57. The molecule has 0 aromatic carbocycles. The minimum atomic E-state index is 0. The van der Waals surface area contributed by atoms with E-state index in [0.717, 1.165) is 7.11 Å². The Balaban J connectivity index is -0.0000000179. The monoisotopic (exact) mass is 350 g/mol. The SMILES string of the molecule is CCO.CCO.CCO.CO.[Hf]. The molecule has 0 bridgehead atoms. The maximum absolute atomic E-state index is 7.57. The Hall–Kier alpha value is 0.710. The van der Waals surface area contributed by atoms with Crippen LogP contribution in [0.15, 0.2) is 0 Å². The molecule has 4 N–H and O–H groups in total. The van der Waals surface area contributed by atoms with Crippen LogP contribution in [0.2, 0.25) is 0 Å². The molecule has 0 aliphatic carbocycles. The molecule has 0 saturated heterocycles. The summed E-state index contributed by atoms with van der Waals surface area (Å²) in [6.45, 7) is 5.79. The van der Waals surface area contributed by atoms with Crippen molar-refractivity contribution in [1.29, 1.82) is 0 Å². The maximum Gasteiger partial charge on any atom is 0.0402 e. The summed E-state index contributed by atoms with van der Waals surface area (Å²) in [5, 5.41) is 29.7. The quantitative estimate of drug-likeness (QED) is 0.449. The van der Waals surface area contributed by atoms with Crippen molar-refractivity contribution < 1.29 is 46.3 Å². The van der Waals surface area contributed by atoms with Gasteiger partial charge in [0.1, 0.15) is 0 Å². The Morgan fingerprint density at radius 3 is 0.667 bits per heavy atom. The molecule has 0 aliphatic rings. The van der Waals surface area contributed by atoms with Gasteiger partial charge in [0, 0.05) is 52.8 Å². The molecule has 0 rings (SSSR count). The first kappa shape index (κ1) is 29.3. The van der Waals surface area contributed by atoms with E-state index in [9.17, 15) is 0 Å². The Bertz CT molecular complexity index is 20.1. The van der Waals surface area contributed by atoms with Gasteiger partial charge in [-0.05, 0) is 20.8 Å². The zero-order valence-electron chi connectivity index (χ0n) is 8.41. The van der Waals surface area contributed by atoms with Gasteiger partial charge in [-0.3, -0.25) is 0 Å². The third-order valence-electron chi connectivity index (χ3n) is 0. The van der Waals surface area contributed by atoms with Gasteiger partial charge >= 0.3 is 0 Å². The number of aliphatic hydroxyl groups is 4. The van der Waals surface area contributed by atoms with Crippen LogP contribution in [0, 0.1) is 0 Å². The molecule has 0 aromatic rings. The molecular formula is C7H22HfO4. The first-order valence-electron chi connectivity index (χ1n) is 3.52. The number of hydrogen-bond donors (Lipinski definition) is 4. The summed E-state index contributed by atoms with van der Waals surface area (Å²) >= 11 is 0. The molecular weight excluding hydrogens is 327 g/mol. The van der Waals surface area contributed by atoms with Crippen LogP contribution in [-0.4, -0.2) is 47.4 Å². The average Bonchev–Trinajstić information content (AvgIpc) is 1.96. The van der Waals surface area contributed by atoms with Crippen molar-refractivity contribution in [3.63, 3.8) is 0 Å². The average molecular weight is 349 g/mol. The number of rotatable bonds is 0. The van der Waals surface area contributed by atoms with E-state index < -0.39 is 0 Å². The Morgan fingerprint density at radius 1 is 0.667 bits per heavy atom. The predicted molar refractivity (Wildman–Crippen MR) is 46.4 cm³/mol. The largest absolute Gasteiger partial charge is 0.400 e. The third kappa shape index (κ3) is 2000. The molecule has 0 radical (unpaired) electrons. The molecule has 0 saturated carbocycles. The van der Waals surface area contributed by atoms with E-state index in [1.807, 2.05) is 0 Å². The number of hydrogen-bond acceptors (Lipinski definition) is 4. The molecule has 0 atom stereocenters. The van der Waals surface area contributed by atoms with Gasteiger partial charge in [-0.25, -0.2) is 0 Å². The fourth-order valence-corrected chi connectivity index (χ4v) is 0. The van der Waals surface area contributed by atoms with Gasteiger partial charge in [0.05, 0.1) is 0 Å². The molecule has 0 aliphatic heterocycles. The van der Waals surface area contributed by atoms with Crippen LogP contribution in [0.25, 0.3) is 0 Å². The zero-order valence-corrected chi connectivity index (χ0v) is 12.0. The summed E-state index contributed by atoms with van der Waals surface area (Å²) in [4.78, 5) is 0. The second-order valence-corrected chi connectivity index (χ2v) is 0.949. The molecule has 0 aromatic heterocycles. The van der Waals surface area contributed by atoms with Gasteiger partial charge in [-0.1, -0.05) is 0 Å². The third-order valence-corrected chi connectivity index (χ3v) is 0. The molecule has 12 heavy (non-hydrogen) atoms. The van der Waals surface area contributed by atoms with Gasteiger partial charge in [0.2, 0.25) is 0 Å².